The second-order valence-corrected chi connectivity index (χ2v) is 8.99. The molecule has 0 aliphatic heterocycles. The summed E-state index contributed by atoms with van der Waals surface area (Å²) in [5.74, 6) is -1.73. The summed E-state index contributed by atoms with van der Waals surface area (Å²) in [4.78, 5) is 28.3. The van der Waals surface area contributed by atoms with Gasteiger partial charge in [0, 0.05) is 11.1 Å². The third-order valence-corrected chi connectivity index (χ3v) is 6.42. The summed E-state index contributed by atoms with van der Waals surface area (Å²) in [6.45, 7) is 2.81. The molecule has 1 aromatic carbocycles. The van der Waals surface area contributed by atoms with E-state index in [9.17, 15) is 31.5 Å². The average molecular weight is 523 g/mol. The van der Waals surface area contributed by atoms with E-state index < -0.39 is 42.3 Å². The first-order valence-corrected chi connectivity index (χ1v) is 11.2. The first kappa shape index (κ1) is 25.2. The van der Waals surface area contributed by atoms with Crippen LogP contribution in [-0.4, -0.2) is 26.6 Å². The molecular formula is C23H18F5N5O2S. The molecule has 0 aliphatic carbocycles. The molecule has 188 valence electrons. The zero-order chi connectivity index (χ0) is 26.4. The van der Waals surface area contributed by atoms with Crippen molar-refractivity contribution in [3.05, 3.63) is 63.9 Å². The maximum Gasteiger partial charge on any atom is 0.433 e. The van der Waals surface area contributed by atoms with Gasteiger partial charge in [0.2, 0.25) is 5.91 Å². The van der Waals surface area contributed by atoms with Crippen LogP contribution in [0, 0.1) is 13.8 Å². The zero-order valence-electron chi connectivity index (χ0n) is 18.8. The van der Waals surface area contributed by atoms with Crippen LogP contribution in [0.3, 0.4) is 0 Å². The molecule has 0 bridgehead atoms. The molecule has 0 spiro atoms. The number of halogens is 5. The molecule has 0 fully saturated rings. The van der Waals surface area contributed by atoms with Crippen LogP contribution in [0.4, 0.5) is 27.6 Å². The molecule has 0 saturated carbocycles. The van der Waals surface area contributed by atoms with Gasteiger partial charge < -0.3 is 11.1 Å². The molecule has 0 unspecified atom stereocenters. The van der Waals surface area contributed by atoms with Gasteiger partial charge in [-0.1, -0.05) is 29.8 Å². The highest BCUT2D eigenvalue weighted by molar-refractivity contribution is 7.21. The van der Waals surface area contributed by atoms with E-state index in [2.05, 4.69) is 15.4 Å². The Morgan fingerprint density at radius 1 is 1.14 bits per heavy atom. The fourth-order valence-corrected chi connectivity index (χ4v) is 4.62. The van der Waals surface area contributed by atoms with Gasteiger partial charge in [-0.3, -0.25) is 14.3 Å². The van der Waals surface area contributed by atoms with Crippen molar-refractivity contribution in [2.75, 3.05) is 5.32 Å². The van der Waals surface area contributed by atoms with Gasteiger partial charge in [-0.2, -0.15) is 18.3 Å². The minimum atomic E-state index is -4.77. The van der Waals surface area contributed by atoms with E-state index in [1.807, 2.05) is 6.92 Å². The fraction of sp³-hybridized carbons (Fsp3) is 0.217. The van der Waals surface area contributed by atoms with Crippen molar-refractivity contribution in [1.82, 2.24) is 14.8 Å². The van der Waals surface area contributed by atoms with E-state index in [0.29, 0.717) is 22.6 Å². The SMILES string of the molecule is Cc1ccc(-c2cc(C(F)(F)F)nc3sc(C(N)=O)c(NC(=O)Cn4nc(C(F)F)cc4C)c23)cc1. The topological polar surface area (TPSA) is 103 Å². The lowest BCUT2D eigenvalue weighted by molar-refractivity contribution is -0.140. The number of aromatic nitrogens is 3. The number of thiophene rings is 1. The molecule has 4 rings (SSSR count). The third-order valence-electron chi connectivity index (χ3n) is 5.32. The smallest absolute Gasteiger partial charge is 0.365 e. The number of benzene rings is 1. The molecule has 7 nitrogen and oxygen atoms in total. The van der Waals surface area contributed by atoms with E-state index in [0.717, 1.165) is 22.4 Å². The van der Waals surface area contributed by atoms with Crippen molar-refractivity contribution < 1.29 is 31.5 Å². The van der Waals surface area contributed by atoms with Crippen molar-refractivity contribution in [2.24, 2.45) is 5.73 Å². The molecule has 0 atom stereocenters. The van der Waals surface area contributed by atoms with E-state index >= 15 is 0 Å². The third kappa shape index (κ3) is 4.91. The number of alkyl halides is 5. The molecule has 3 N–H and O–H groups in total. The Bertz CT molecular complexity index is 1480. The van der Waals surface area contributed by atoms with Crippen LogP contribution in [0.15, 0.2) is 36.4 Å². The highest BCUT2D eigenvalue weighted by Gasteiger charge is 2.35. The van der Waals surface area contributed by atoms with E-state index in [4.69, 9.17) is 5.73 Å². The van der Waals surface area contributed by atoms with Crippen LogP contribution in [0.1, 0.15) is 38.7 Å². The first-order chi connectivity index (χ1) is 16.8. The summed E-state index contributed by atoms with van der Waals surface area (Å²) in [5, 5.41) is 6.30. The van der Waals surface area contributed by atoms with Gasteiger partial charge in [-0.25, -0.2) is 13.8 Å². The first-order valence-electron chi connectivity index (χ1n) is 10.4. The number of pyridine rings is 1. The number of nitrogens with one attached hydrogen (secondary N) is 1. The average Bonchev–Trinajstić information content (AvgIpc) is 3.34. The number of primary amides is 1. The Hall–Kier alpha value is -3.87. The lowest BCUT2D eigenvalue weighted by atomic mass is 10.00. The Labute approximate surface area is 204 Å². The number of anilines is 1. The molecule has 13 heteroatoms. The molecule has 4 aromatic rings. The minimum Gasteiger partial charge on any atom is -0.365 e. The summed E-state index contributed by atoms with van der Waals surface area (Å²) in [5.41, 5.74) is 5.32. The summed E-state index contributed by atoms with van der Waals surface area (Å²) in [6, 6.07) is 8.59. The predicted octanol–water partition coefficient (Wildman–Crippen LogP) is 5.47. The van der Waals surface area contributed by atoms with Gasteiger partial charge in [0.15, 0.2) is 0 Å². The molecule has 0 aliphatic rings. The molecule has 36 heavy (non-hydrogen) atoms. The number of amides is 2. The number of nitrogens with zero attached hydrogens (tertiary/aromatic N) is 3. The number of nitrogens with two attached hydrogens (primary N) is 1. The maximum absolute atomic E-state index is 13.6. The normalized spacial score (nSPS) is 11.9. The van der Waals surface area contributed by atoms with Gasteiger partial charge in [0.1, 0.15) is 27.6 Å². The zero-order valence-corrected chi connectivity index (χ0v) is 19.6. The number of hydrogen-bond donors (Lipinski definition) is 2. The number of carbonyl (C=O) groups is 2. The number of fused-ring (bicyclic) bond motifs is 1. The van der Waals surface area contributed by atoms with Crippen LogP contribution >= 0.6 is 11.3 Å². The molecule has 0 saturated heterocycles. The minimum absolute atomic E-state index is 0.0848. The molecular weight excluding hydrogens is 505 g/mol. The summed E-state index contributed by atoms with van der Waals surface area (Å²) in [7, 11) is 0. The molecule has 3 heterocycles. The molecule has 0 radical (unpaired) electrons. The second-order valence-electron chi connectivity index (χ2n) is 7.99. The number of rotatable bonds is 6. The summed E-state index contributed by atoms with van der Waals surface area (Å²) < 4.78 is 67.8. The molecule has 2 amide bonds. The van der Waals surface area contributed by atoms with Crippen molar-refractivity contribution in [2.45, 2.75) is 33.0 Å². The van der Waals surface area contributed by atoms with Crippen molar-refractivity contribution in [3.8, 4) is 11.1 Å². The largest absolute Gasteiger partial charge is 0.433 e. The van der Waals surface area contributed by atoms with Crippen LogP contribution in [-0.2, 0) is 17.5 Å². The van der Waals surface area contributed by atoms with Gasteiger partial charge >= 0.3 is 6.18 Å². The Morgan fingerprint density at radius 3 is 2.36 bits per heavy atom. The quantitative estimate of drug-likeness (QED) is 0.327. The Morgan fingerprint density at radius 2 is 1.81 bits per heavy atom. The van der Waals surface area contributed by atoms with Crippen LogP contribution in [0.5, 0.6) is 0 Å². The maximum atomic E-state index is 13.6. The molecule has 3 aromatic heterocycles. The monoisotopic (exact) mass is 523 g/mol. The van der Waals surface area contributed by atoms with E-state index in [1.54, 1.807) is 24.3 Å². The van der Waals surface area contributed by atoms with Crippen molar-refractivity contribution in [3.63, 3.8) is 0 Å². The van der Waals surface area contributed by atoms with Crippen molar-refractivity contribution in [1.29, 1.82) is 0 Å². The van der Waals surface area contributed by atoms with E-state index in [1.165, 1.54) is 6.92 Å². The lowest BCUT2D eigenvalue weighted by Gasteiger charge is -2.13. The van der Waals surface area contributed by atoms with Gasteiger partial charge in [0.05, 0.1) is 5.69 Å². The summed E-state index contributed by atoms with van der Waals surface area (Å²) in [6.07, 6.45) is -7.60. The van der Waals surface area contributed by atoms with Crippen LogP contribution in [0.2, 0.25) is 0 Å². The Balaban J connectivity index is 1.85. The van der Waals surface area contributed by atoms with Crippen LogP contribution < -0.4 is 11.1 Å². The predicted molar refractivity (Wildman–Crippen MR) is 124 cm³/mol. The van der Waals surface area contributed by atoms with Gasteiger partial charge in [-0.05, 0) is 37.1 Å². The Kier molecular flexibility index (Phi) is 6.52. The van der Waals surface area contributed by atoms with E-state index in [-0.39, 0.29) is 26.3 Å². The second kappa shape index (κ2) is 9.30. The number of aryl methyl sites for hydroxylation is 2. The number of hydrogen-bond acceptors (Lipinski definition) is 5. The highest BCUT2D eigenvalue weighted by Crippen LogP contribution is 2.43. The lowest BCUT2D eigenvalue weighted by Crippen LogP contribution is -2.22. The fourth-order valence-electron chi connectivity index (χ4n) is 3.61. The standard InChI is InChI=1S/C23H18F5N5O2S/c1-10-3-5-12(6-4-10)13-8-15(23(26,27)28)30-22-17(13)18(19(36-22)21(29)35)31-16(34)9-33-11(2)7-14(32-33)20(24)25/h3-8,20H,9H2,1-2H3,(H2,29,35)(H,31,34). The number of carbonyl (C=O) groups excluding carboxylic acids is 2. The van der Waals surface area contributed by atoms with Crippen LogP contribution in [0.25, 0.3) is 21.3 Å². The van der Waals surface area contributed by atoms with Crippen molar-refractivity contribution >= 4 is 39.1 Å². The van der Waals surface area contributed by atoms with Gasteiger partial charge in [-0.15, -0.1) is 11.3 Å². The summed E-state index contributed by atoms with van der Waals surface area (Å²) >= 11 is 0.612. The van der Waals surface area contributed by atoms with Gasteiger partial charge in [0.25, 0.3) is 12.3 Å². The highest BCUT2D eigenvalue weighted by atomic mass is 32.1.